The van der Waals surface area contributed by atoms with Gasteiger partial charge < -0.3 is 14.5 Å². The van der Waals surface area contributed by atoms with Crippen LogP contribution in [-0.2, 0) is 0 Å². The molecule has 0 radical (unpaired) electrons. The van der Waals surface area contributed by atoms with E-state index in [0.717, 1.165) is 22.2 Å². The monoisotopic (exact) mass is 335 g/mol. The second-order valence-corrected chi connectivity index (χ2v) is 5.71. The topological polar surface area (TPSA) is 51.3 Å². The van der Waals surface area contributed by atoms with Crippen LogP contribution in [0.1, 0.15) is 28.5 Å². The first kappa shape index (κ1) is 16.8. The highest BCUT2D eigenvalue weighted by Crippen LogP contribution is 2.29. The summed E-state index contributed by atoms with van der Waals surface area (Å²) in [4.78, 5) is 15.9. The molecule has 1 aromatic heterocycles. The highest BCUT2D eigenvalue weighted by Gasteiger charge is 2.13. The molecule has 0 atom stereocenters. The Morgan fingerprint density at radius 2 is 1.96 bits per heavy atom. The largest absolute Gasteiger partial charge is 0.493 e. The molecule has 4 heteroatoms. The Bertz CT molecular complexity index is 937. The van der Waals surface area contributed by atoms with E-state index in [-0.39, 0.29) is 5.78 Å². The lowest BCUT2D eigenvalue weighted by Crippen LogP contribution is -1.96. The number of aromatic amines is 1. The van der Waals surface area contributed by atoms with Crippen LogP contribution in [0.3, 0.4) is 0 Å². The number of methoxy groups -OCH3 is 1. The summed E-state index contributed by atoms with van der Waals surface area (Å²) in [6.45, 7) is 4.42. The maximum absolute atomic E-state index is 12.7. The van der Waals surface area contributed by atoms with Crippen molar-refractivity contribution in [2.45, 2.75) is 13.8 Å². The highest BCUT2D eigenvalue weighted by atomic mass is 16.5. The highest BCUT2D eigenvalue weighted by molar-refractivity contribution is 6.15. The lowest BCUT2D eigenvalue weighted by molar-refractivity contribution is 0.104. The smallest absolute Gasteiger partial charge is 0.188 e. The van der Waals surface area contributed by atoms with E-state index in [1.54, 1.807) is 19.3 Å². The third-order valence-corrected chi connectivity index (χ3v) is 4.05. The Balaban J connectivity index is 1.88. The Labute approximate surface area is 147 Å². The molecule has 0 aliphatic rings. The Kier molecular flexibility index (Phi) is 4.89. The number of carbonyl (C=O) groups is 1. The molecule has 1 heterocycles. The van der Waals surface area contributed by atoms with Gasteiger partial charge in [-0.3, -0.25) is 4.79 Å². The maximum Gasteiger partial charge on any atom is 0.188 e. The number of nitrogens with one attached hydrogen (secondary N) is 1. The van der Waals surface area contributed by atoms with Gasteiger partial charge in [0.1, 0.15) is 0 Å². The third kappa shape index (κ3) is 3.43. The van der Waals surface area contributed by atoms with Gasteiger partial charge in [0.15, 0.2) is 17.3 Å². The van der Waals surface area contributed by atoms with Crippen LogP contribution in [0, 0.1) is 6.92 Å². The van der Waals surface area contributed by atoms with Crippen molar-refractivity contribution in [3.63, 3.8) is 0 Å². The molecule has 0 spiro atoms. The summed E-state index contributed by atoms with van der Waals surface area (Å²) in [6, 6.07) is 13.4. The molecule has 0 fully saturated rings. The first-order valence-electron chi connectivity index (χ1n) is 8.24. The standard InChI is InChI=1S/C21H21NO3/c1-4-25-19-12-10-15(13-20(19)24-3)9-11-18(23)21-14(2)22-17-8-6-5-7-16(17)21/h5-13,22H,4H2,1-3H3/b11-9+. The predicted octanol–water partition coefficient (Wildman–Crippen LogP) is 4.78. The second-order valence-electron chi connectivity index (χ2n) is 5.71. The number of hydrogen-bond acceptors (Lipinski definition) is 3. The summed E-state index contributed by atoms with van der Waals surface area (Å²) >= 11 is 0. The Morgan fingerprint density at radius 1 is 1.16 bits per heavy atom. The Hall–Kier alpha value is -3.01. The van der Waals surface area contributed by atoms with E-state index in [0.29, 0.717) is 23.7 Å². The normalized spacial score (nSPS) is 11.2. The van der Waals surface area contributed by atoms with Crippen molar-refractivity contribution < 1.29 is 14.3 Å². The lowest BCUT2D eigenvalue weighted by Gasteiger charge is -2.09. The van der Waals surface area contributed by atoms with E-state index >= 15 is 0 Å². The van der Waals surface area contributed by atoms with E-state index in [2.05, 4.69) is 4.98 Å². The molecular formula is C21H21NO3. The lowest BCUT2D eigenvalue weighted by atomic mass is 10.1. The molecule has 3 aromatic rings. The van der Waals surface area contributed by atoms with Crippen molar-refractivity contribution >= 4 is 22.8 Å². The van der Waals surface area contributed by atoms with Gasteiger partial charge in [-0.2, -0.15) is 0 Å². The van der Waals surface area contributed by atoms with Crippen LogP contribution in [-0.4, -0.2) is 24.5 Å². The van der Waals surface area contributed by atoms with Gasteiger partial charge >= 0.3 is 0 Å². The minimum absolute atomic E-state index is 0.0252. The van der Waals surface area contributed by atoms with Crippen LogP contribution in [0.5, 0.6) is 11.5 Å². The minimum atomic E-state index is -0.0252. The fourth-order valence-electron chi connectivity index (χ4n) is 2.91. The summed E-state index contributed by atoms with van der Waals surface area (Å²) in [5.74, 6) is 1.32. The fraction of sp³-hybridized carbons (Fsp3) is 0.190. The van der Waals surface area contributed by atoms with Crippen LogP contribution in [0.2, 0.25) is 0 Å². The van der Waals surface area contributed by atoms with E-state index in [1.165, 1.54) is 0 Å². The number of fused-ring (bicyclic) bond motifs is 1. The van der Waals surface area contributed by atoms with Gasteiger partial charge in [0, 0.05) is 16.6 Å². The summed E-state index contributed by atoms with van der Waals surface area (Å²) in [5, 5.41) is 0.943. The van der Waals surface area contributed by atoms with E-state index in [1.807, 2.05) is 56.3 Å². The molecule has 25 heavy (non-hydrogen) atoms. The number of allylic oxidation sites excluding steroid dienone is 1. The molecule has 0 amide bonds. The number of ether oxygens (including phenoxy) is 2. The second kappa shape index (κ2) is 7.26. The SMILES string of the molecule is CCOc1ccc(/C=C/C(=O)c2c(C)[nH]c3ccccc23)cc1OC. The molecule has 0 aliphatic carbocycles. The van der Waals surface area contributed by atoms with Gasteiger partial charge in [-0.1, -0.05) is 30.3 Å². The molecular weight excluding hydrogens is 314 g/mol. The first-order valence-corrected chi connectivity index (χ1v) is 8.24. The fourth-order valence-corrected chi connectivity index (χ4v) is 2.91. The molecule has 2 aromatic carbocycles. The average Bonchev–Trinajstić information content (AvgIpc) is 2.96. The molecule has 1 N–H and O–H groups in total. The van der Waals surface area contributed by atoms with Crippen molar-refractivity contribution in [2.75, 3.05) is 13.7 Å². The zero-order valence-corrected chi connectivity index (χ0v) is 14.6. The van der Waals surface area contributed by atoms with Gasteiger partial charge in [-0.05, 0) is 43.7 Å². The van der Waals surface area contributed by atoms with E-state index in [9.17, 15) is 4.79 Å². The molecule has 3 rings (SSSR count). The molecule has 0 bridgehead atoms. The minimum Gasteiger partial charge on any atom is -0.493 e. The van der Waals surface area contributed by atoms with Crippen LogP contribution in [0.25, 0.3) is 17.0 Å². The van der Waals surface area contributed by atoms with Gasteiger partial charge in [0.25, 0.3) is 0 Å². The average molecular weight is 335 g/mol. The van der Waals surface area contributed by atoms with Crippen molar-refractivity contribution in [2.24, 2.45) is 0 Å². The van der Waals surface area contributed by atoms with E-state index in [4.69, 9.17) is 9.47 Å². The van der Waals surface area contributed by atoms with Crippen LogP contribution < -0.4 is 9.47 Å². The summed E-state index contributed by atoms with van der Waals surface area (Å²) in [5.41, 5.74) is 3.44. The molecule has 0 aliphatic heterocycles. The van der Waals surface area contributed by atoms with Crippen LogP contribution in [0.15, 0.2) is 48.5 Å². The predicted molar refractivity (Wildman–Crippen MR) is 101 cm³/mol. The summed E-state index contributed by atoms with van der Waals surface area (Å²) in [6.07, 6.45) is 3.39. The Morgan fingerprint density at radius 3 is 2.72 bits per heavy atom. The molecule has 0 saturated carbocycles. The quantitative estimate of drug-likeness (QED) is 0.521. The molecule has 128 valence electrons. The zero-order chi connectivity index (χ0) is 17.8. The number of H-pyrrole nitrogens is 1. The number of rotatable bonds is 6. The summed E-state index contributed by atoms with van der Waals surface area (Å²) in [7, 11) is 1.60. The van der Waals surface area contributed by atoms with Crippen LogP contribution >= 0.6 is 0 Å². The number of carbonyl (C=O) groups excluding carboxylic acids is 1. The van der Waals surface area contributed by atoms with Gasteiger partial charge in [-0.25, -0.2) is 0 Å². The number of hydrogen-bond donors (Lipinski definition) is 1. The number of para-hydroxylation sites is 1. The first-order chi connectivity index (χ1) is 12.1. The van der Waals surface area contributed by atoms with Crippen molar-refractivity contribution in [3.8, 4) is 11.5 Å². The van der Waals surface area contributed by atoms with Gasteiger partial charge in [0.2, 0.25) is 0 Å². The van der Waals surface area contributed by atoms with Gasteiger partial charge in [-0.15, -0.1) is 0 Å². The van der Waals surface area contributed by atoms with Crippen molar-refractivity contribution in [1.29, 1.82) is 0 Å². The molecule has 4 nitrogen and oxygen atoms in total. The number of aromatic nitrogens is 1. The van der Waals surface area contributed by atoms with Crippen molar-refractivity contribution in [3.05, 3.63) is 65.4 Å². The van der Waals surface area contributed by atoms with E-state index < -0.39 is 0 Å². The maximum atomic E-state index is 12.7. The number of benzene rings is 2. The van der Waals surface area contributed by atoms with Crippen LogP contribution in [0.4, 0.5) is 0 Å². The van der Waals surface area contributed by atoms with Gasteiger partial charge in [0.05, 0.1) is 19.3 Å². The summed E-state index contributed by atoms with van der Waals surface area (Å²) < 4.78 is 10.9. The molecule has 0 unspecified atom stereocenters. The molecule has 0 saturated heterocycles. The zero-order valence-electron chi connectivity index (χ0n) is 14.6. The van der Waals surface area contributed by atoms with Crippen molar-refractivity contribution in [1.82, 2.24) is 4.98 Å². The third-order valence-electron chi connectivity index (χ3n) is 4.05. The number of ketones is 1. The number of aryl methyl sites for hydroxylation is 1.